The molecule has 1 unspecified atom stereocenters. The second-order valence-corrected chi connectivity index (χ2v) is 6.34. The summed E-state index contributed by atoms with van der Waals surface area (Å²) >= 11 is 0. The molecule has 2 aliphatic rings. The largest absolute Gasteiger partial charge is 0.346 e. The summed E-state index contributed by atoms with van der Waals surface area (Å²) in [5.74, 6) is -0.349. The van der Waals surface area contributed by atoms with Gasteiger partial charge in [-0.1, -0.05) is 42.5 Å². The first-order chi connectivity index (χ1) is 12.2. The van der Waals surface area contributed by atoms with Gasteiger partial charge >= 0.3 is 0 Å². The number of allylic oxidation sites excluding steroid dienone is 1. The van der Waals surface area contributed by atoms with E-state index in [1.807, 2.05) is 18.2 Å². The van der Waals surface area contributed by atoms with Crippen LogP contribution in [0.25, 0.3) is 5.57 Å². The normalized spacial score (nSPS) is 20.0. The Morgan fingerprint density at radius 3 is 2.64 bits per heavy atom. The number of hydrogen-bond acceptors (Lipinski definition) is 3. The van der Waals surface area contributed by atoms with Gasteiger partial charge < -0.3 is 4.74 Å². The average molecular weight is 333 g/mol. The highest BCUT2D eigenvalue weighted by Gasteiger charge is 2.39. The fraction of sp³-hybridized carbons (Fsp3) is 0.238. The molecule has 2 aromatic carbocycles. The first kappa shape index (κ1) is 15.8. The quantitative estimate of drug-likeness (QED) is 0.862. The number of anilines is 1. The van der Waals surface area contributed by atoms with Gasteiger partial charge in [0, 0.05) is 12.5 Å². The van der Waals surface area contributed by atoms with Crippen molar-refractivity contribution in [2.75, 3.05) is 11.5 Å². The van der Waals surface area contributed by atoms with Crippen LogP contribution >= 0.6 is 0 Å². The van der Waals surface area contributed by atoms with Crippen LogP contribution in [0.5, 0.6) is 0 Å². The molecule has 0 bridgehead atoms. The number of hydrogen-bond donors (Lipinski definition) is 0. The van der Waals surface area contributed by atoms with Gasteiger partial charge in [0.2, 0.25) is 17.9 Å². The third kappa shape index (κ3) is 2.68. The predicted octanol–water partition coefficient (Wildman–Crippen LogP) is 3.61. The number of carbonyl (C=O) groups is 2. The summed E-state index contributed by atoms with van der Waals surface area (Å²) in [4.78, 5) is 26.1. The van der Waals surface area contributed by atoms with Crippen LogP contribution in [0.15, 0.2) is 54.6 Å². The van der Waals surface area contributed by atoms with Crippen molar-refractivity contribution in [3.63, 3.8) is 0 Å². The lowest BCUT2D eigenvalue weighted by atomic mass is 10.1. The number of para-hydroxylation sites is 1. The predicted molar refractivity (Wildman–Crippen MR) is 96.4 cm³/mol. The number of Topliss-reactive ketones (excluding diaryl/α,β-unsaturated/α-hetero) is 1. The SMILES string of the molecule is CC(=O)N1c2ccccc2C(=O)C1OC/C=C1\CCc2ccccc21. The van der Waals surface area contributed by atoms with Crippen LogP contribution in [-0.4, -0.2) is 24.5 Å². The Balaban J connectivity index is 1.53. The average Bonchev–Trinajstić information content (AvgIpc) is 3.15. The Morgan fingerprint density at radius 2 is 1.84 bits per heavy atom. The zero-order valence-electron chi connectivity index (χ0n) is 14.1. The highest BCUT2D eigenvalue weighted by molar-refractivity contribution is 6.16. The van der Waals surface area contributed by atoms with E-state index in [9.17, 15) is 9.59 Å². The van der Waals surface area contributed by atoms with Gasteiger partial charge in [0.05, 0.1) is 12.3 Å². The molecule has 1 aliphatic heterocycles. The van der Waals surface area contributed by atoms with Crippen LogP contribution in [0.2, 0.25) is 0 Å². The molecule has 0 aromatic heterocycles. The van der Waals surface area contributed by atoms with Crippen molar-refractivity contribution in [1.29, 1.82) is 0 Å². The van der Waals surface area contributed by atoms with Gasteiger partial charge in [-0.15, -0.1) is 0 Å². The molecule has 0 spiro atoms. The number of aryl methyl sites for hydroxylation is 1. The van der Waals surface area contributed by atoms with Crippen molar-refractivity contribution in [3.8, 4) is 0 Å². The summed E-state index contributed by atoms with van der Waals surface area (Å²) in [6.07, 6.45) is 3.18. The van der Waals surface area contributed by atoms with Crippen molar-refractivity contribution in [1.82, 2.24) is 0 Å². The van der Waals surface area contributed by atoms with E-state index >= 15 is 0 Å². The number of ketones is 1. The third-order valence-electron chi connectivity index (χ3n) is 4.84. The maximum Gasteiger partial charge on any atom is 0.226 e. The summed E-state index contributed by atoms with van der Waals surface area (Å²) in [6.45, 7) is 1.76. The zero-order valence-corrected chi connectivity index (χ0v) is 14.1. The number of fused-ring (bicyclic) bond motifs is 2. The van der Waals surface area contributed by atoms with Crippen LogP contribution in [0, 0.1) is 0 Å². The minimum Gasteiger partial charge on any atom is -0.346 e. The molecule has 4 rings (SSSR count). The number of ether oxygens (including phenoxy) is 1. The lowest BCUT2D eigenvalue weighted by molar-refractivity contribution is -0.118. The lowest BCUT2D eigenvalue weighted by Crippen LogP contribution is -2.40. The summed E-state index contributed by atoms with van der Waals surface area (Å²) < 4.78 is 5.83. The van der Waals surface area contributed by atoms with E-state index in [0.717, 1.165) is 12.8 Å². The Morgan fingerprint density at radius 1 is 1.12 bits per heavy atom. The van der Waals surface area contributed by atoms with E-state index in [2.05, 4.69) is 18.2 Å². The number of benzene rings is 2. The molecule has 1 atom stereocenters. The van der Waals surface area contributed by atoms with Gasteiger partial charge in [0.1, 0.15) is 0 Å². The minimum absolute atomic E-state index is 0.156. The molecular weight excluding hydrogens is 314 g/mol. The summed E-state index contributed by atoms with van der Waals surface area (Å²) in [5, 5.41) is 0. The first-order valence-electron chi connectivity index (χ1n) is 8.49. The Bertz CT molecular complexity index is 884. The molecule has 0 saturated heterocycles. The van der Waals surface area contributed by atoms with Crippen molar-refractivity contribution >= 4 is 23.0 Å². The Kier molecular flexibility index (Phi) is 3.98. The fourth-order valence-electron chi connectivity index (χ4n) is 3.66. The standard InChI is InChI=1S/C21H19NO3/c1-14(23)22-19-9-5-4-8-18(19)20(24)21(22)25-13-12-16-11-10-15-6-2-3-7-17(15)16/h2-9,12,21H,10-11,13H2,1H3/b16-12+. The molecule has 0 saturated carbocycles. The molecule has 4 nitrogen and oxygen atoms in total. The Labute approximate surface area is 146 Å². The number of carbonyl (C=O) groups excluding carboxylic acids is 2. The van der Waals surface area contributed by atoms with Gasteiger partial charge in [0.25, 0.3) is 0 Å². The van der Waals surface area contributed by atoms with Crippen LogP contribution in [0.1, 0.15) is 34.8 Å². The van der Waals surface area contributed by atoms with E-state index in [0.29, 0.717) is 17.9 Å². The Hall–Kier alpha value is -2.72. The van der Waals surface area contributed by atoms with Gasteiger partial charge in [-0.05, 0) is 41.7 Å². The monoisotopic (exact) mass is 333 g/mol. The molecule has 1 amide bonds. The first-order valence-corrected chi connectivity index (χ1v) is 8.49. The van der Waals surface area contributed by atoms with Crippen LogP contribution < -0.4 is 4.90 Å². The molecule has 126 valence electrons. The summed E-state index contributed by atoms with van der Waals surface area (Å²) in [7, 11) is 0. The second kappa shape index (κ2) is 6.30. The highest BCUT2D eigenvalue weighted by Crippen LogP contribution is 2.34. The van der Waals surface area contributed by atoms with Crippen LogP contribution in [0.3, 0.4) is 0 Å². The van der Waals surface area contributed by atoms with Crippen molar-refractivity contribution in [2.24, 2.45) is 0 Å². The minimum atomic E-state index is -0.872. The van der Waals surface area contributed by atoms with E-state index in [1.165, 1.54) is 28.5 Å². The van der Waals surface area contributed by atoms with E-state index in [-0.39, 0.29) is 11.7 Å². The maximum atomic E-state index is 12.6. The van der Waals surface area contributed by atoms with E-state index < -0.39 is 6.23 Å². The number of amides is 1. The van der Waals surface area contributed by atoms with E-state index in [4.69, 9.17) is 4.74 Å². The molecule has 1 heterocycles. The van der Waals surface area contributed by atoms with Crippen molar-refractivity contribution in [2.45, 2.75) is 26.0 Å². The summed E-state index contributed by atoms with van der Waals surface area (Å²) in [5.41, 5.74) is 5.03. The summed E-state index contributed by atoms with van der Waals surface area (Å²) in [6, 6.07) is 15.5. The number of rotatable bonds is 3. The third-order valence-corrected chi connectivity index (χ3v) is 4.84. The molecule has 0 fully saturated rings. The molecule has 4 heteroatoms. The van der Waals surface area contributed by atoms with Gasteiger partial charge in [-0.2, -0.15) is 0 Å². The van der Waals surface area contributed by atoms with Crippen molar-refractivity contribution < 1.29 is 14.3 Å². The molecule has 1 aliphatic carbocycles. The van der Waals surface area contributed by atoms with Crippen molar-refractivity contribution in [3.05, 3.63) is 71.3 Å². The maximum absolute atomic E-state index is 12.6. The van der Waals surface area contributed by atoms with Crippen LogP contribution in [-0.2, 0) is 16.0 Å². The second-order valence-electron chi connectivity index (χ2n) is 6.34. The number of nitrogens with zero attached hydrogens (tertiary/aromatic N) is 1. The zero-order chi connectivity index (χ0) is 17.4. The highest BCUT2D eigenvalue weighted by atomic mass is 16.5. The molecular formula is C21H19NO3. The topological polar surface area (TPSA) is 46.6 Å². The van der Waals surface area contributed by atoms with Gasteiger partial charge in [0.15, 0.2) is 0 Å². The fourth-order valence-corrected chi connectivity index (χ4v) is 3.66. The molecule has 2 aromatic rings. The van der Waals surface area contributed by atoms with Gasteiger partial charge in [-0.3, -0.25) is 14.5 Å². The van der Waals surface area contributed by atoms with Gasteiger partial charge in [-0.25, -0.2) is 0 Å². The molecule has 0 N–H and O–H groups in total. The lowest BCUT2D eigenvalue weighted by Gasteiger charge is -2.22. The molecule has 25 heavy (non-hydrogen) atoms. The van der Waals surface area contributed by atoms with Crippen LogP contribution in [0.4, 0.5) is 5.69 Å². The molecule has 0 radical (unpaired) electrons. The smallest absolute Gasteiger partial charge is 0.226 e. The van der Waals surface area contributed by atoms with E-state index in [1.54, 1.807) is 18.2 Å².